The molecule has 136 valence electrons. The van der Waals surface area contributed by atoms with Crippen LogP contribution >= 0.6 is 0 Å². The number of carbonyl (C=O) groups is 2. The predicted molar refractivity (Wildman–Crippen MR) is 95.4 cm³/mol. The van der Waals surface area contributed by atoms with Crippen LogP contribution in [-0.4, -0.2) is 36.7 Å². The average molecular weight is 355 g/mol. The fraction of sp³-hybridized carbons (Fsp3) is 0.300. The highest BCUT2D eigenvalue weighted by atomic mass is 16.7. The van der Waals surface area contributed by atoms with Crippen molar-refractivity contribution in [3.05, 3.63) is 59.2 Å². The fourth-order valence-electron chi connectivity index (χ4n) is 2.84. The maximum Gasteiger partial charge on any atom is 0.338 e. The molecular formula is C20H21NO5. The molecule has 0 saturated heterocycles. The minimum Gasteiger partial charge on any atom is -0.465 e. The van der Waals surface area contributed by atoms with Crippen LogP contribution in [0.5, 0.6) is 11.5 Å². The Labute approximate surface area is 152 Å². The van der Waals surface area contributed by atoms with E-state index in [1.807, 2.05) is 32.0 Å². The molecule has 0 unspecified atom stereocenters. The normalized spacial score (nSPS) is 12.2. The van der Waals surface area contributed by atoms with Gasteiger partial charge in [-0.15, -0.1) is 0 Å². The molecule has 1 amide bonds. The number of methoxy groups -OCH3 is 1. The topological polar surface area (TPSA) is 65.1 Å². The molecule has 0 saturated carbocycles. The first kappa shape index (κ1) is 17.8. The molecule has 26 heavy (non-hydrogen) atoms. The van der Waals surface area contributed by atoms with Gasteiger partial charge in [-0.3, -0.25) is 4.79 Å². The SMILES string of the molecule is COC(=O)c1ccccc1C(=O)N(Cc1ccc2c(c1)OCO2)C(C)C. The molecule has 0 atom stereocenters. The summed E-state index contributed by atoms with van der Waals surface area (Å²) in [7, 11) is 1.30. The lowest BCUT2D eigenvalue weighted by Crippen LogP contribution is -2.37. The van der Waals surface area contributed by atoms with E-state index >= 15 is 0 Å². The maximum absolute atomic E-state index is 13.1. The molecule has 2 aromatic rings. The largest absolute Gasteiger partial charge is 0.465 e. The van der Waals surface area contributed by atoms with E-state index < -0.39 is 5.97 Å². The number of rotatable bonds is 5. The van der Waals surface area contributed by atoms with E-state index in [1.54, 1.807) is 29.2 Å². The Kier molecular flexibility index (Phi) is 5.11. The van der Waals surface area contributed by atoms with Gasteiger partial charge in [-0.2, -0.15) is 0 Å². The minimum atomic E-state index is -0.527. The van der Waals surface area contributed by atoms with Gasteiger partial charge in [-0.25, -0.2) is 4.79 Å². The molecular weight excluding hydrogens is 334 g/mol. The Morgan fingerprint density at radius 1 is 1.08 bits per heavy atom. The molecule has 0 N–H and O–H groups in total. The second-order valence-electron chi connectivity index (χ2n) is 6.25. The Hall–Kier alpha value is -3.02. The second kappa shape index (κ2) is 7.47. The van der Waals surface area contributed by atoms with Crippen molar-refractivity contribution in [3.8, 4) is 11.5 Å². The molecule has 0 fully saturated rings. The Morgan fingerprint density at radius 2 is 1.77 bits per heavy atom. The summed E-state index contributed by atoms with van der Waals surface area (Å²) in [6, 6.07) is 12.2. The minimum absolute atomic E-state index is 0.0568. The van der Waals surface area contributed by atoms with Crippen molar-refractivity contribution >= 4 is 11.9 Å². The number of hydrogen-bond donors (Lipinski definition) is 0. The standard InChI is InChI=1S/C20H21NO5/c1-13(2)21(11-14-8-9-17-18(10-14)26-12-25-17)19(22)15-6-4-5-7-16(15)20(23)24-3/h4-10,13H,11-12H2,1-3H3. The lowest BCUT2D eigenvalue weighted by molar-refractivity contribution is 0.0583. The van der Waals surface area contributed by atoms with Gasteiger partial charge >= 0.3 is 5.97 Å². The molecule has 0 spiro atoms. The number of esters is 1. The Balaban J connectivity index is 1.89. The van der Waals surface area contributed by atoms with Crippen LogP contribution in [0.15, 0.2) is 42.5 Å². The summed E-state index contributed by atoms with van der Waals surface area (Å²) in [4.78, 5) is 26.8. The van der Waals surface area contributed by atoms with E-state index in [0.717, 1.165) is 5.56 Å². The summed E-state index contributed by atoms with van der Waals surface area (Å²) in [6.07, 6.45) is 0. The first-order chi connectivity index (χ1) is 12.5. The molecule has 1 heterocycles. The molecule has 1 aliphatic rings. The monoisotopic (exact) mass is 355 g/mol. The second-order valence-corrected chi connectivity index (χ2v) is 6.25. The summed E-state index contributed by atoms with van der Waals surface area (Å²) in [5.41, 5.74) is 1.51. The van der Waals surface area contributed by atoms with Gasteiger partial charge in [0.05, 0.1) is 18.2 Å². The van der Waals surface area contributed by atoms with E-state index in [0.29, 0.717) is 23.6 Å². The van der Waals surface area contributed by atoms with Gasteiger partial charge in [-0.05, 0) is 43.7 Å². The van der Waals surface area contributed by atoms with Crippen LogP contribution in [0.25, 0.3) is 0 Å². The number of amides is 1. The zero-order valence-corrected chi connectivity index (χ0v) is 15.0. The van der Waals surface area contributed by atoms with Gasteiger partial charge < -0.3 is 19.1 Å². The fourth-order valence-corrected chi connectivity index (χ4v) is 2.84. The van der Waals surface area contributed by atoms with Gasteiger partial charge in [0.15, 0.2) is 11.5 Å². The van der Waals surface area contributed by atoms with E-state index in [9.17, 15) is 9.59 Å². The molecule has 0 radical (unpaired) electrons. The van der Waals surface area contributed by atoms with Crippen molar-refractivity contribution in [1.29, 1.82) is 0 Å². The number of hydrogen-bond acceptors (Lipinski definition) is 5. The van der Waals surface area contributed by atoms with Crippen LogP contribution in [-0.2, 0) is 11.3 Å². The number of nitrogens with zero attached hydrogens (tertiary/aromatic N) is 1. The van der Waals surface area contributed by atoms with Gasteiger partial charge in [0, 0.05) is 12.6 Å². The highest BCUT2D eigenvalue weighted by Crippen LogP contribution is 2.33. The highest BCUT2D eigenvalue weighted by Gasteiger charge is 2.25. The molecule has 3 rings (SSSR count). The van der Waals surface area contributed by atoms with Gasteiger partial charge in [0.1, 0.15) is 0 Å². The lowest BCUT2D eigenvalue weighted by Gasteiger charge is -2.27. The van der Waals surface area contributed by atoms with Gasteiger partial charge in [0.25, 0.3) is 5.91 Å². The van der Waals surface area contributed by atoms with Gasteiger partial charge in [-0.1, -0.05) is 18.2 Å². The van der Waals surface area contributed by atoms with Crippen LogP contribution in [0.4, 0.5) is 0 Å². The summed E-state index contributed by atoms with van der Waals surface area (Å²) >= 11 is 0. The van der Waals surface area contributed by atoms with E-state index in [1.165, 1.54) is 7.11 Å². The number of benzene rings is 2. The van der Waals surface area contributed by atoms with Crippen LogP contribution in [0, 0.1) is 0 Å². The first-order valence-corrected chi connectivity index (χ1v) is 8.38. The van der Waals surface area contributed by atoms with Crippen LogP contribution < -0.4 is 9.47 Å². The van der Waals surface area contributed by atoms with Crippen molar-refractivity contribution in [2.75, 3.05) is 13.9 Å². The maximum atomic E-state index is 13.1. The molecule has 2 aromatic carbocycles. The van der Waals surface area contributed by atoms with Crippen molar-refractivity contribution in [2.24, 2.45) is 0 Å². The highest BCUT2D eigenvalue weighted by molar-refractivity contribution is 6.05. The zero-order chi connectivity index (χ0) is 18.7. The van der Waals surface area contributed by atoms with Crippen LogP contribution in [0.1, 0.15) is 40.1 Å². The molecule has 0 aliphatic carbocycles. The Morgan fingerprint density at radius 3 is 2.46 bits per heavy atom. The van der Waals surface area contributed by atoms with E-state index in [4.69, 9.17) is 14.2 Å². The summed E-state index contributed by atoms with van der Waals surface area (Å²) in [5.74, 6) is 0.625. The smallest absolute Gasteiger partial charge is 0.338 e. The number of carbonyl (C=O) groups excluding carboxylic acids is 2. The quantitative estimate of drug-likeness (QED) is 0.771. The van der Waals surface area contributed by atoms with Crippen molar-refractivity contribution in [2.45, 2.75) is 26.4 Å². The Bertz CT molecular complexity index is 831. The summed E-state index contributed by atoms with van der Waals surface area (Å²) in [6.45, 7) is 4.47. The van der Waals surface area contributed by atoms with Crippen molar-refractivity contribution in [1.82, 2.24) is 4.90 Å². The first-order valence-electron chi connectivity index (χ1n) is 8.38. The van der Waals surface area contributed by atoms with E-state index in [2.05, 4.69) is 0 Å². The average Bonchev–Trinajstić information content (AvgIpc) is 3.12. The van der Waals surface area contributed by atoms with E-state index in [-0.39, 0.29) is 24.3 Å². The molecule has 0 bridgehead atoms. The molecule has 6 heteroatoms. The van der Waals surface area contributed by atoms with Crippen molar-refractivity contribution in [3.63, 3.8) is 0 Å². The third-order valence-corrected chi connectivity index (χ3v) is 4.24. The molecule has 6 nitrogen and oxygen atoms in total. The summed E-state index contributed by atoms with van der Waals surface area (Å²) in [5, 5.41) is 0. The summed E-state index contributed by atoms with van der Waals surface area (Å²) < 4.78 is 15.5. The number of ether oxygens (including phenoxy) is 3. The lowest BCUT2D eigenvalue weighted by atomic mass is 10.0. The predicted octanol–water partition coefficient (Wildman–Crippen LogP) is 3.25. The zero-order valence-electron chi connectivity index (χ0n) is 15.0. The van der Waals surface area contributed by atoms with Crippen LogP contribution in [0.2, 0.25) is 0 Å². The molecule has 0 aromatic heterocycles. The third kappa shape index (κ3) is 3.49. The molecule has 1 aliphatic heterocycles. The van der Waals surface area contributed by atoms with Crippen LogP contribution in [0.3, 0.4) is 0 Å². The number of fused-ring (bicyclic) bond motifs is 1. The third-order valence-electron chi connectivity index (χ3n) is 4.24. The van der Waals surface area contributed by atoms with Gasteiger partial charge in [0.2, 0.25) is 6.79 Å². The van der Waals surface area contributed by atoms with Crippen molar-refractivity contribution < 1.29 is 23.8 Å².